The molecule has 0 aliphatic carbocycles. The van der Waals surface area contributed by atoms with Crippen LogP contribution in [0.25, 0.3) is 11.3 Å². The average Bonchev–Trinajstić information content (AvgIpc) is 3.03. The number of anilines is 1. The van der Waals surface area contributed by atoms with Crippen LogP contribution in [0.2, 0.25) is 5.02 Å². The molecule has 0 saturated heterocycles. The van der Waals surface area contributed by atoms with Gasteiger partial charge in [0.1, 0.15) is 17.0 Å². The Morgan fingerprint density at radius 3 is 2.21 bits per heavy atom. The fourth-order valence-electron chi connectivity index (χ4n) is 2.62. The number of halogens is 1. The Kier molecular flexibility index (Phi) is 5.14. The second-order valence-electron chi connectivity index (χ2n) is 5.81. The number of hydrogen-bond acceptors (Lipinski definition) is 5. The summed E-state index contributed by atoms with van der Waals surface area (Å²) in [6, 6.07) is 10.1. The van der Waals surface area contributed by atoms with E-state index in [9.17, 15) is 14.4 Å². The number of carbonyl (C=O) groups excluding carboxylic acids is 1. The first-order valence-corrected chi connectivity index (χ1v) is 8.30. The van der Waals surface area contributed by atoms with Gasteiger partial charge in [0.2, 0.25) is 0 Å². The molecule has 0 radical (unpaired) electrons. The summed E-state index contributed by atoms with van der Waals surface area (Å²) in [5.41, 5.74) is 0.260. The third-order valence-electron chi connectivity index (χ3n) is 3.90. The number of aromatic nitrogens is 1. The minimum Gasteiger partial charge on any atom is -0.478 e. The van der Waals surface area contributed by atoms with Crippen LogP contribution in [0.4, 0.5) is 5.69 Å². The zero-order valence-electron chi connectivity index (χ0n) is 14.4. The van der Waals surface area contributed by atoms with Gasteiger partial charge in [0, 0.05) is 11.3 Å². The molecule has 3 N–H and O–H groups in total. The normalized spacial score (nSPS) is 10.5. The maximum Gasteiger partial charge on any atom is 0.335 e. The van der Waals surface area contributed by atoms with Gasteiger partial charge in [-0.1, -0.05) is 35.0 Å². The molecule has 28 heavy (non-hydrogen) atoms. The van der Waals surface area contributed by atoms with E-state index in [1.54, 1.807) is 31.2 Å². The average molecular weight is 401 g/mol. The molecule has 0 unspecified atom stereocenters. The lowest BCUT2D eigenvalue weighted by molar-refractivity contribution is 0.0696. The van der Waals surface area contributed by atoms with E-state index in [0.717, 1.165) is 18.2 Å². The van der Waals surface area contributed by atoms with Crippen molar-refractivity contribution in [3.8, 4) is 11.3 Å². The summed E-state index contributed by atoms with van der Waals surface area (Å²) < 4.78 is 5.13. The standard InChI is InChI=1S/C19H13ClN2O6/c1-9-15(16(22-28-9)13-4-2-3-5-14(13)20)17(23)21-12-7-10(18(24)25)6-11(8-12)19(26)27/h2-8H,1H3,(H,21,23)(H,24,25)(H,26,27). The molecule has 9 heteroatoms. The lowest BCUT2D eigenvalue weighted by Crippen LogP contribution is -2.15. The summed E-state index contributed by atoms with van der Waals surface area (Å²) in [7, 11) is 0. The molecule has 0 atom stereocenters. The van der Waals surface area contributed by atoms with Crippen LogP contribution in [0.5, 0.6) is 0 Å². The molecule has 0 aliphatic rings. The molecule has 0 bridgehead atoms. The molecule has 3 rings (SSSR count). The summed E-state index contributed by atoms with van der Waals surface area (Å²) in [6.07, 6.45) is 0. The van der Waals surface area contributed by atoms with Crippen LogP contribution < -0.4 is 5.32 Å². The van der Waals surface area contributed by atoms with E-state index < -0.39 is 17.8 Å². The maximum atomic E-state index is 12.8. The molecule has 8 nitrogen and oxygen atoms in total. The van der Waals surface area contributed by atoms with Crippen molar-refractivity contribution in [1.82, 2.24) is 5.16 Å². The van der Waals surface area contributed by atoms with E-state index in [0.29, 0.717) is 10.6 Å². The van der Waals surface area contributed by atoms with E-state index in [2.05, 4.69) is 10.5 Å². The topological polar surface area (TPSA) is 130 Å². The smallest absolute Gasteiger partial charge is 0.335 e. The minimum absolute atomic E-state index is 0.00742. The molecule has 2 aromatic carbocycles. The number of benzene rings is 2. The van der Waals surface area contributed by atoms with Crippen molar-refractivity contribution in [2.24, 2.45) is 0 Å². The van der Waals surface area contributed by atoms with E-state index in [-0.39, 0.29) is 33.8 Å². The van der Waals surface area contributed by atoms with E-state index >= 15 is 0 Å². The molecule has 0 spiro atoms. The number of carboxylic acids is 2. The van der Waals surface area contributed by atoms with Gasteiger partial charge in [-0.3, -0.25) is 4.79 Å². The summed E-state index contributed by atoms with van der Waals surface area (Å²) in [5, 5.41) is 25.1. The lowest BCUT2D eigenvalue weighted by Gasteiger charge is -2.09. The second kappa shape index (κ2) is 7.53. The van der Waals surface area contributed by atoms with Crippen LogP contribution in [0, 0.1) is 6.92 Å². The highest BCUT2D eigenvalue weighted by Crippen LogP contribution is 2.31. The van der Waals surface area contributed by atoms with Crippen molar-refractivity contribution < 1.29 is 29.1 Å². The van der Waals surface area contributed by atoms with Gasteiger partial charge in [-0.15, -0.1) is 0 Å². The number of hydrogen-bond donors (Lipinski definition) is 3. The Balaban J connectivity index is 2.01. The monoisotopic (exact) mass is 400 g/mol. The van der Waals surface area contributed by atoms with Gasteiger partial charge in [0.05, 0.1) is 16.1 Å². The first-order chi connectivity index (χ1) is 13.3. The summed E-state index contributed by atoms with van der Waals surface area (Å²) in [6.45, 7) is 1.54. The third kappa shape index (κ3) is 3.72. The number of carboxylic acid groups (broad SMARTS) is 2. The fourth-order valence-corrected chi connectivity index (χ4v) is 2.84. The highest BCUT2D eigenvalue weighted by molar-refractivity contribution is 6.33. The van der Waals surface area contributed by atoms with Gasteiger partial charge in [-0.25, -0.2) is 9.59 Å². The van der Waals surface area contributed by atoms with Gasteiger partial charge >= 0.3 is 11.9 Å². The number of nitrogens with zero attached hydrogens (tertiary/aromatic N) is 1. The van der Waals surface area contributed by atoms with E-state index in [1.807, 2.05) is 0 Å². The predicted octanol–water partition coefficient (Wildman–Crippen LogP) is 3.95. The summed E-state index contributed by atoms with van der Waals surface area (Å²) in [4.78, 5) is 35.3. The molecular formula is C19H13ClN2O6. The van der Waals surface area contributed by atoms with Crippen LogP contribution in [0.1, 0.15) is 36.8 Å². The molecule has 0 saturated carbocycles. The first-order valence-electron chi connectivity index (χ1n) is 7.92. The highest BCUT2D eigenvalue weighted by atomic mass is 35.5. The summed E-state index contributed by atoms with van der Waals surface area (Å²) in [5.74, 6) is -3.07. The van der Waals surface area contributed by atoms with Crippen LogP contribution in [0.3, 0.4) is 0 Å². The molecule has 1 amide bonds. The Labute approximate surface area is 163 Å². The van der Waals surface area contributed by atoms with Gasteiger partial charge in [-0.2, -0.15) is 0 Å². The summed E-state index contributed by atoms with van der Waals surface area (Å²) >= 11 is 6.17. The van der Waals surface area contributed by atoms with Crippen molar-refractivity contribution in [1.29, 1.82) is 0 Å². The minimum atomic E-state index is -1.32. The van der Waals surface area contributed by atoms with Gasteiger partial charge < -0.3 is 20.1 Å². The van der Waals surface area contributed by atoms with Crippen LogP contribution in [-0.4, -0.2) is 33.2 Å². The number of aromatic carboxylic acids is 2. The third-order valence-corrected chi connectivity index (χ3v) is 4.23. The van der Waals surface area contributed by atoms with E-state index in [1.165, 1.54) is 0 Å². The Morgan fingerprint density at radius 2 is 1.64 bits per heavy atom. The predicted molar refractivity (Wildman–Crippen MR) is 100.0 cm³/mol. The van der Waals surface area contributed by atoms with Crippen LogP contribution >= 0.6 is 11.6 Å². The van der Waals surface area contributed by atoms with Crippen molar-refractivity contribution in [3.05, 3.63) is 69.9 Å². The van der Waals surface area contributed by atoms with Crippen LogP contribution in [-0.2, 0) is 0 Å². The van der Waals surface area contributed by atoms with Crippen molar-refractivity contribution in [3.63, 3.8) is 0 Å². The largest absolute Gasteiger partial charge is 0.478 e. The van der Waals surface area contributed by atoms with Crippen molar-refractivity contribution in [2.75, 3.05) is 5.32 Å². The highest BCUT2D eigenvalue weighted by Gasteiger charge is 2.23. The van der Waals surface area contributed by atoms with E-state index in [4.69, 9.17) is 26.3 Å². The van der Waals surface area contributed by atoms with Crippen LogP contribution in [0.15, 0.2) is 47.0 Å². The van der Waals surface area contributed by atoms with Gasteiger partial charge in [0.25, 0.3) is 5.91 Å². The molecular weight excluding hydrogens is 388 g/mol. The molecule has 1 heterocycles. The van der Waals surface area contributed by atoms with Crippen molar-refractivity contribution in [2.45, 2.75) is 6.92 Å². The number of amides is 1. The maximum absolute atomic E-state index is 12.8. The molecule has 142 valence electrons. The zero-order valence-corrected chi connectivity index (χ0v) is 15.1. The van der Waals surface area contributed by atoms with Gasteiger partial charge in [-0.05, 0) is 31.2 Å². The number of carbonyl (C=O) groups is 3. The Morgan fingerprint density at radius 1 is 1.04 bits per heavy atom. The SMILES string of the molecule is Cc1onc(-c2ccccc2Cl)c1C(=O)Nc1cc(C(=O)O)cc(C(=O)O)c1. The van der Waals surface area contributed by atoms with Crippen molar-refractivity contribution >= 4 is 35.1 Å². The number of nitrogens with one attached hydrogen (secondary N) is 1. The Hall–Kier alpha value is -3.65. The quantitative estimate of drug-likeness (QED) is 0.591. The second-order valence-corrected chi connectivity index (χ2v) is 6.21. The molecule has 0 fully saturated rings. The zero-order chi connectivity index (χ0) is 20.4. The van der Waals surface area contributed by atoms with Gasteiger partial charge in [0.15, 0.2) is 0 Å². The number of aryl methyl sites for hydroxylation is 1. The Bertz CT molecular complexity index is 1070. The molecule has 3 aromatic rings. The number of rotatable bonds is 5. The molecule has 1 aromatic heterocycles. The molecule has 0 aliphatic heterocycles. The fraction of sp³-hybridized carbons (Fsp3) is 0.0526. The lowest BCUT2D eigenvalue weighted by atomic mass is 10.0. The first kappa shape index (κ1) is 19.1.